The Bertz CT molecular complexity index is 318. The molecule has 1 rings (SSSR count). The smallest absolute Gasteiger partial charge is 0.134 e. The van der Waals surface area contributed by atoms with Crippen LogP contribution in [0.2, 0.25) is 0 Å². The summed E-state index contributed by atoms with van der Waals surface area (Å²) in [4.78, 5) is 0. The van der Waals surface area contributed by atoms with Gasteiger partial charge in [-0.3, -0.25) is 0 Å². The molecule has 0 heterocycles. The standard InChI is InChI=1S/C10H14O5/c1-14-8-3-9(15-2)7(5-12)10(13)6(8)4-11/h3,11-13H,4-5H2,1-2H3. The lowest BCUT2D eigenvalue weighted by Gasteiger charge is -2.14. The molecule has 0 fully saturated rings. The first-order valence-corrected chi connectivity index (χ1v) is 4.37. The van der Waals surface area contributed by atoms with E-state index in [1.807, 2.05) is 0 Å². The summed E-state index contributed by atoms with van der Waals surface area (Å²) in [6.45, 7) is -0.738. The van der Waals surface area contributed by atoms with E-state index in [4.69, 9.17) is 19.7 Å². The van der Waals surface area contributed by atoms with Crippen LogP contribution in [0.25, 0.3) is 0 Å². The highest BCUT2D eigenvalue weighted by atomic mass is 16.5. The van der Waals surface area contributed by atoms with Crippen molar-refractivity contribution in [1.29, 1.82) is 0 Å². The topological polar surface area (TPSA) is 79.2 Å². The molecule has 84 valence electrons. The van der Waals surface area contributed by atoms with E-state index in [1.54, 1.807) is 0 Å². The highest BCUT2D eigenvalue weighted by Gasteiger charge is 2.17. The molecule has 0 atom stereocenters. The van der Waals surface area contributed by atoms with Crippen LogP contribution in [0.5, 0.6) is 17.2 Å². The molecule has 1 aromatic rings. The van der Waals surface area contributed by atoms with Crippen molar-refractivity contribution in [1.82, 2.24) is 0 Å². The molecule has 0 aromatic heterocycles. The lowest BCUT2D eigenvalue weighted by molar-refractivity contribution is 0.251. The number of ether oxygens (including phenoxy) is 2. The molecule has 0 unspecified atom stereocenters. The maximum Gasteiger partial charge on any atom is 0.134 e. The summed E-state index contributed by atoms with van der Waals surface area (Å²) in [5.41, 5.74) is 0.477. The molecule has 15 heavy (non-hydrogen) atoms. The Kier molecular flexibility index (Phi) is 3.76. The summed E-state index contributed by atoms with van der Waals surface area (Å²) in [6, 6.07) is 1.51. The van der Waals surface area contributed by atoms with Gasteiger partial charge in [-0.2, -0.15) is 0 Å². The molecule has 0 bridgehead atoms. The fourth-order valence-corrected chi connectivity index (χ4v) is 1.38. The average molecular weight is 214 g/mol. The monoisotopic (exact) mass is 214 g/mol. The minimum Gasteiger partial charge on any atom is -0.507 e. The van der Waals surface area contributed by atoms with Gasteiger partial charge in [0.15, 0.2) is 0 Å². The van der Waals surface area contributed by atoms with E-state index in [2.05, 4.69) is 0 Å². The van der Waals surface area contributed by atoms with Gasteiger partial charge < -0.3 is 24.8 Å². The van der Waals surface area contributed by atoms with Gasteiger partial charge in [0.1, 0.15) is 17.2 Å². The van der Waals surface area contributed by atoms with Gasteiger partial charge in [0.2, 0.25) is 0 Å². The molecule has 0 amide bonds. The van der Waals surface area contributed by atoms with E-state index < -0.39 is 0 Å². The van der Waals surface area contributed by atoms with Crippen molar-refractivity contribution in [3.63, 3.8) is 0 Å². The summed E-state index contributed by atoms with van der Waals surface area (Å²) in [5, 5.41) is 27.8. The first-order valence-electron chi connectivity index (χ1n) is 4.37. The van der Waals surface area contributed by atoms with Gasteiger partial charge in [-0.05, 0) is 0 Å². The predicted molar refractivity (Wildman–Crippen MR) is 53.1 cm³/mol. The minimum absolute atomic E-state index is 0.198. The molecule has 0 saturated carbocycles. The van der Waals surface area contributed by atoms with Crippen LogP contribution in [-0.2, 0) is 13.2 Å². The van der Waals surface area contributed by atoms with E-state index in [0.29, 0.717) is 11.5 Å². The van der Waals surface area contributed by atoms with Gasteiger partial charge in [-0.1, -0.05) is 0 Å². The summed E-state index contributed by atoms with van der Waals surface area (Å²) < 4.78 is 9.95. The van der Waals surface area contributed by atoms with Crippen molar-refractivity contribution in [2.24, 2.45) is 0 Å². The van der Waals surface area contributed by atoms with Gasteiger partial charge in [-0.25, -0.2) is 0 Å². The third-order valence-corrected chi connectivity index (χ3v) is 2.18. The summed E-state index contributed by atoms with van der Waals surface area (Å²) in [6.07, 6.45) is 0. The Morgan fingerprint density at radius 3 is 1.67 bits per heavy atom. The molecule has 0 radical (unpaired) electrons. The van der Waals surface area contributed by atoms with Crippen molar-refractivity contribution in [3.05, 3.63) is 17.2 Å². The van der Waals surface area contributed by atoms with E-state index in [9.17, 15) is 5.11 Å². The van der Waals surface area contributed by atoms with E-state index >= 15 is 0 Å². The van der Waals surface area contributed by atoms with Crippen molar-refractivity contribution < 1.29 is 24.8 Å². The Labute approximate surface area is 87.5 Å². The Morgan fingerprint density at radius 2 is 1.40 bits per heavy atom. The maximum atomic E-state index is 9.73. The van der Waals surface area contributed by atoms with Crippen LogP contribution in [0.3, 0.4) is 0 Å². The summed E-state index contributed by atoms with van der Waals surface area (Å²) in [7, 11) is 2.85. The van der Waals surface area contributed by atoms with E-state index in [-0.39, 0.29) is 30.1 Å². The van der Waals surface area contributed by atoms with Crippen molar-refractivity contribution in [3.8, 4) is 17.2 Å². The molecule has 0 aliphatic carbocycles. The molecule has 3 N–H and O–H groups in total. The second kappa shape index (κ2) is 4.86. The van der Waals surface area contributed by atoms with Crippen LogP contribution >= 0.6 is 0 Å². The fraction of sp³-hybridized carbons (Fsp3) is 0.400. The molecule has 0 aliphatic heterocycles. The number of benzene rings is 1. The third-order valence-electron chi connectivity index (χ3n) is 2.18. The first kappa shape index (κ1) is 11.6. The highest BCUT2D eigenvalue weighted by molar-refractivity contribution is 5.56. The number of rotatable bonds is 4. The zero-order valence-corrected chi connectivity index (χ0v) is 8.65. The molecule has 0 saturated heterocycles. The molecular weight excluding hydrogens is 200 g/mol. The minimum atomic E-state index is -0.369. The Balaban J connectivity index is 3.41. The van der Waals surface area contributed by atoms with Crippen LogP contribution in [0.1, 0.15) is 11.1 Å². The number of aliphatic hydroxyl groups excluding tert-OH is 2. The van der Waals surface area contributed by atoms with Crippen molar-refractivity contribution >= 4 is 0 Å². The normalized spacial score (nSPS) is 10.1. The number of aromatic hydroxyl groups is 1. The van der Waals surface area contributed by atoms with Gasteiger partial charge in [0.05, 0.1) is 38.6 Å². The number of aliphatic hydroxyl groups is 2. The largest absolute Gasteiger partial charge is 0.507 e. The van der Waals surface area contributed by atoms with Crippen molar-refractivity contribution in [2.45, 2.75) is 13.2 Å². The van der Waals surface area contributed by atoms with Crippen LogP contribution in [0.4, 0.5) is 0 Å². The molecular formula is C10H14O5. The zero-order chi connectivity index (χ0) is 11.4. The fourth-order valence-electron chi connectivity index (χ4n) is 1.38. The summed E-state index contributed by atoms with van der Waals surface area (Å²) >= 11 is 0. The second-order valence-electron chi connectivity index (χ2n) is 2.90. The number of hydrogen-bond donors (Lipinski definition) is 3. The van der Waals surface area contributed by atoms with E-state index in [0.717, 1.165) is 0 Å². The van der Waals surface area contributed by atoms with Gasteiger partial charge in [-0.15, -0.1) is 0 Å². The van der Waals surface area contributed by atoms with Crippen molar-refractivity contribution in [2.75, 3.05) is 14.2 Å². The van der Waals surface area contributed by atoms with E-state index in [1.165, 1.54) is 20.3 Å². The van der Waals surface area contributed by atoms with Crippen LogP contribution in [0, 0.1) is 0 Å². The molecule has 0 aliphatic rings. The quantitative estimate of drug-likeness (QED) is 0.675. The van der Waals surface area contributed by atoms with Gasteiger partial charge >= 0.3 is 0 Å². The molecule has 5 nitrogen and oxygen atoms in total. The third kappa shape index (κ3) is 1.98. The first-order chi connectivity index (χ1) is 7.19. The average Bonchev–Trinajstić information content (AvgIpc) is 2.27. The lowest BCUT2D eigenvalue weighted by atomic mass is 10.1. The molecule has 5 heteroatoms. The second-order valence-corrected chi connectivity index (χ2v) is 2.90. The predicted octanol–water partition coefficient (Wildman–Crippen LogP) is 0.394. The zero-order valence-electron chi connectivity index (χ0n) is 8.65. The number of methoxy groups -OCH3 is 2. The number of hydrogen-bond acceptors (Lipinski definition) is 5. The highest BCUT2D eigenvalue weighted by Crippen LogP contribution is 2.38. The van der Waals surface area contributed by atoms with Gasteiger partial charge in [0.25, 0.3) is 0 Å². The maximum absolute atomic E-state index is 9.73. The number of phenols is 1. The van der Waals surface area contributed by atoms with Crippen LogP contribution in [-0.4, -0.2) is 29.5 Å². The Morgan fingerprint density at radius 1 is 1.00 bits per heavy atom. The lowest BCUT2D eigenvalue weighted by Crippen LogP contribution is -1.99. The molecule has 0 spiro atoms. The van der Waals surface area contributed by atoms with Crippen LogP contribution < -0.4 is 9.47 Å². The Hall–Kier alpha value is -1.46. The molecule has 1 aromatic carbocycles. The van der Waals surface area contributed by atoms with Gasteiger partial charge in [0, 0.05) is 6.07 Å². The van der Waals surface area contributed by atoms with Crippen LogP contribution in [0.15, 0.2) is 6.07 Å². The SMILES string of the molecule is COc1cc(OC)c(CO)c(O)c1CO. The summed E-state index contributed by atoms with van der Waals surface area (Å²) in [5.74, 6) is 0.448.